The number of aromatic hydroxyl groups is 1. The summed E-state index contributed by atoms with van der Waals surface area (Å²) in [6, 6.07) is 4.87. The second kappa shape index (κ2) is 5.19. The Balaban J connectivity index is 2.80. The Labute approximate surface area is 102 Å². The number of benzene rings is 1. The van der Waals surface area contributed by atoms with Gasteiger partial charge in [0.25, 0.3) is 5.91 Å². The average molecular weight is 237 g/mol. The van der Waals surface area contributed by atoms with Crippen LogP contribution in [-0.2, 0) is 4.74 Å². The quantitative estimate of drug-likeness (QED) is 0.840. The molecular formula is C13H19NO3. The summed E-state index contributed by atoms with van der Waals surface area (Å²) in [5.41, 5.74) is 0.752. The number of hydrogen-bond donors (Lipinski definition) is 2. The van der Waals surface area contributed by atoms with Gasteiger partial charge < -0.3 is 15.2 Å². The summed E-state index contributed by atoms with van der Waals surface area (Å²) in [5, 5.41) is 12.4. The van der Waals surface area contributed by atoms with Gasteiger partial charge in [-0.2, -0.15) is 0 Å². The molecule has 1 amide bonds. The third-order valence-corrected chi connectivity index (χ3v) is 2.43. The molecule has 0 unspecified atom stereocenters. The lowest BCUT2D eigenvalue weighted by Gasteiger charge is -2.25. The van der Waals surface area contributed by atoms with Gasteiger partial charge in [-0.1, -0.05) is 6.07 Å². The Bertz CT molecular complexity index is 413. The molecule has 1 aromatic carbocycles. The van der Waals surface area contributed by atoms with Gasteiger partial charge in [0.2, 0.25) is 0 Å². The minimum Gasteiger partial charge on any atom is -0.508 e. The van der Waals surface area contributed by atoms with Crippen LogP contribution in [0.5, 0.6) is 5.75 Å². The van der Waals surface area contributed by atoms with E-state index in [0.717, 1.165) is 5.56 Å². The van der Waals surface area contributed by atoms with Gasteiger partial charge in [-0.3, -0.25) is 4.79 Å². The summed E-state index contributed by atoms with van der Waals surface area (Å²) in [6.07, 6.45) is 0. The molecule has 0 aliphatic carbocycles. The molecule has 17 heavy (non-hydrogen) atoms. The zero-order chi connectivity index (χ0) is 13.1. The van der Waals surface area contributed by atoms with Crippen molar-refractivity contribution in [1.82, 2.24) is 5.32 Å². The van der Waals surface area contributed by atoms with Crippen LogP contribution >= 0.6 is 0 Å². The fourth-order valence-electron chi connectivity index (χ4n) is 1.53. The van der Waals surface area contributed by atoms with E-state index >= 15 is 0 Å². The van der Waals surface area contributed by atoms with E-state index in [0.29, 0.717) is 12.2 Å². The highest BCUT2D eigenvalue weighted by molar-refractivity contribution is 5.95. The number of nitrogens with one attached hydrogen (secondary N) is 1. The molecule has 0 aromatic heterocycles. The molecule has 94 valence electrons. The first kappa shape index (κ1) is 13.5. The zero-order valence-corrected chi connectivity index (χ0v) is 10.7. The zero-order valence-electron chi connectivity index (χ0n) is 10.7. The van der Waals surface area contributed by atoms with Crippen LogP contribution in [-0.4, -0.2) is 30.3 Å². The predicted octanol–water partition coefficient (Wildman–Crippen LogP) is 1.86. The first-order valence-electron chi connectivity index (χ1n) is 5.47. The highest BCUT2D eigenvalue weighted by Crippen LogP contribution is 2.17. The number of rotatable bonds is 4. The lowest BCUT2D eigenvalue weighted by molar-refractivity contribution is 0.0819. The Kier molecular flexibility index (Phi) is 4.12. The normalized spacial score (nSPS) is 11.3. The molecule has 4 nitrogen and oxygen atoms in total. The molecular weight excluding hydrogens is 218 g/mol. The molecule has 0 spiro atoms. The maximum Gasteiger partial charge on any atom is 0.251 e. The Morgan fingerprint density at radius 2 is 2.12 bits per heavy atom. The summed E-state index contributed by atoms with van der Waals surface area (Å²) < 4.78 is 5.02. The Hall–Kier alpha value is -1.55. The molecule has 0 aliphatic heterocycles. The first-order valence-corrected chi connectivity index (χ1v) is 5.47. The van der Waals surface area contributed by atoms with E-state index in [9.17, 15) is 9.90 Å². The number of methoxy groups -OCH3 is 1. The highest BCUT2D eigenvalue weighted by Gasteiger charge is 2.21. The number of hydrogen-bond acceptors (Lipinski definition) is 3. The van der Waals surface area contributed by atoms with Gasteiger partial charge in [-0.15, -0.1) is 0 Å². The van der Waals surface area contributed by atoms with Crippen LogP contribution in [0, 0.1) is 6.92 Å². The molecule has 0 atom stereocenters. The van der Waals surface area contributed by atoms with E-state index in [1.54, 1.807) is 26.2 Å². The summed E-state index contributed by atoms with van der Waals surface area (Å²) in [4.78, 5) is 11.9. The summed E-state index contributed by atoms with van der Waals surface area (Å²) in [6.45, 7) is 5.97. The molecule has 1 aromatic rings. The van der Waals surface area contributed by atoms with Crippen molar-refractivity contribution in [3.63, 3.8) is 0 Å². The number of amides is 1. The molecule has 2 N–H and O–H groups in total. The van der Waals surface area contributed by atoms with Crippen molar-refractivity contribution in [2.45, 2.75) is 26.3 Å². The van der Waals surface area contributed by atoms with E-state index < -0.39 is 5.54 Å². The van der Waals surface area contributed by atoms with Crippen LogP contribution in [0.3, 0.4) is 0 Å². The smallest absolute Gasteiger partial charge is 0.251 e. The molecule has 0 saturated heterocycles. The average Bonchev–Trinajstić information content (AvgIpc) is 2.21. The van der Waals surface area contributed by atoms with E-state index in [2.05, 4.69) is 5.32 Å². The summed E-state index contributed by atoms with van der Waals surface area (Å²) in [5.74, 6) is -0.0930. The Morgan fingerprint density at radius 1 is 1.47 bits per heavy atom. The third-order valence-electron chi connectivity index (χ3n) is 2.43. The van der Waals surface area contributed by atoms with Gasteiger partial charge in [0.1, 0.15) is 5.75 Å². The second-order valence-corrected chi connectivity index (χ2v) is 4.77. The molecule has 1 rings (SSSR count). The molecule has 4 heteroatoms. The number of aryl methyl sites for hydroxylation is 1. The molecule has 0 bridgehead atoms. The molecule has 0 radical (unpaired) electrons. The van der Waals surface area contributed by atoms with Gasteiger partial charge in [0, 0.05) is 12.7 Å². The minimum atomic E-state index is -0.438. The maximum atomic E-state index is 11.9. The topological polar surface area (TPSA) is 58.6 Å². The van der Waals surface area contributed by atoms with Crippen LogP contribution in [0.4, 0.5) is 0 Å². The van der Waals surface area contributed by atoms with Gasteiger partial charge in [-0.05, 0) is 38.5 Å². The fraction of sp³-hybridized carbons (Fsp3) is 0.462. The van der Waals surface area contributed by atoms with Crippen LogP contribution in [0.2, 0.25) is 0 Å². The van der Waals surface area contributed by atoms with Gasteiger partial charge in [0.05, 0.1) is 12.1 Å². The van der Waals surface area contributed by atoms with Crippen LogP contribution in [0.1, 0.15) is 29.8 Å². The van der Waals surface area contributed by atoms with E-state index in [1.807, 2.05) is 13.8 Å². The minimum absolute atomic E-state index is 0.127. The monoisotopic (exact) mass is 237 g/mol. The molecule has 0 aliphatic rings. The lowest BCUT2D eigenvalue weighted by Crippen LogP contribution is -2.46. The lowest BCUT2D eigenvalue weighted by atomic mass is 10.1. The second-order valence-electron chi connectivity index (χ2n) is 4.77. The number of ether oxygens (including phenoxy) is 1. The SMILES string of the molecule is COCC(C)(C)NC(=O)c1ccc(C)c(O)c1. The van der Waals surface area contributed by atoms with Crippen molar-refractivity contribution in [3.05, 3.63) is 29.3 Å². The molecule has 0 heterocycles. The van der Waals surface area contributed by atoms with Gasteiger partial charge >= 0.3 is 0 Å². The van der Waals surface area contributed by atoms with Crippen molar-refractivity contribution in [2.24, 2.45) is 0 Å². The van der Waals surface area contributed by atoms with Crippen molar-refractivity contribution >= 4 is 5.91 Å². The number of phenols is 1. The van der Waals surface area contributed by atoms with Gasteiger partial charge in [-0.25, -0.2) is 0 Å². The molecule has 0 saturated carbocycles. The Morgan fingerprint density at radius 3 is 2.65 bits per heavy atom. The van der Waals surface area contributed by atoms with E-state index in [4.69, 9.17) is 4.74 Å². The predicted molar refractivity (Wildman–Crippen MR) is 66.3 cm³/mol. The van der Waals surface area contributed by atoms with Crippen molar-refractivity contribution in [1.29, 1.82) is 0 Å². The first-order chi connectivity index (χ1) is 7.85. The van der Waals surface area contributed by atoms with Crippen molar-refractivity contribution < 1.29 is 14.6 Å². The standard InChI is InChI=1S/C13H19NO3/c1-9-5-6-10(7-11(9)15)12(16)14-13(2,3)8-17-4/h5-7,15H,8H2,1-4H3,(H,14,16). The fourth-order valence-corrected chi connectivity index (χ4v) is 1.53. The largest absolute Gasteiger partial charge is 0.508 e. The highest BCUT2D eigenvalue weighted by atomic mass is 16.5. The van der Waals surface area contributed by atoms with E-state index in [-0.39, 0.29) is 11.7 Å². The number of carbonyl (C=O) groups is 1. The van der Waals surface area contributed by atoms with Crippen molar-refractivity contribution in [2.75, 3.05) is 13.7 Å². The van der Waals surface area contributed by atoms with Crippen LogP contribution in [0.15, 0.2) is 18.2 Å². The van der Waals surface area contributed by atoms with Crippen LogP contribution < -0.4 is 5.32 Å². The maximum absolute atomic E-state index is 11.9. The van der Waals surface area contributed by atoms with Crippen LogP contribution in [0.25, 0.3) is 0 Å². The van der Waals surface area contributed by atoms with E-state index in [1.165, 1.54) is 6.07 Å². The van der Waals surface area contributed by atoms with Crippen molar-refractivity contribution in [3.8, 4) is 5.75 Å². The summed E-state index contributed by atoms with van der Waals surface area (Å²) in [7, 11) is 1.59. The number of carbonyl (C=O) groups excluding carboxylic acids is 1. The van der Waals surface area contributed by atoms with Gasteiger partial charge in [0.15, 0.2) is 0 Å². The third kappa shape index (κ3) is 3.75. The molecule has 0 fully saturated rings. The number of phenolic OH excluding ortho intramolecular Hbond substituents is 1. The summed E-state index contributed by atoms with van der Waals surface area (Å²) >= 11 is 0.